The van der Waals surface area contributed by atoms with Gasteiger partial charge in [0.1, 0.15) is 6.04 Å². The number of nitrogens with one attached hydrogen (secondary N) is 1. The van der Waals surface area contributed by atoms with Crippen molar-refractivity contribution in [3.8, 4) is 0 Å². The lowest BCUT2D eigenvalue weighted by molar-refractivity contribution is -0.133. The van der Waals surface area contributed by atoms with Gasteiger partial charge in [-0.2, -0.15) is 0 Å². The zero-order valence-corrected chi connectivity index (χ0v) is 14.6. The number of hydrogen-bond donors (Lipinski definition) is 1. The SMILES string of the molecule is C=C(C)CN(CC)C(=O)C(NC(=O)c1ccccc1)C(C)CC. The van der Waals surface area contributed by atoms with E-state index in [4.69, 9.17) is 0 Å². The number of likely N-dealkylation sites (N-methyl/N-ethyl adjacent to an activating group) is 1. The van der Waals surface area contributed by atoms with Crippen LogP contribution in [-0.2, 0) is 4.79 Å². The molecule has 0 aliphatic rings. The van der Waals surface area contributed by atoms with Crippen LogP contribution in [0, 0.1) is 5.92 Å². The maximum Gasteiger partial charge on any atom is 0.251 e. The van der Waals surface area contributed by atoms with E-state index in [-0.39, 0.29) is 17.7 Å². The van der Waals surface area contributed by atoms with Crippen molar-refractivity contribution in [3.63, 3.8) is 0 Å². The Kier molecular flexibility index (Phi) is 7.52. The molecule has 1 N–H and O–H groups in total. The van der Waals surface area contributed by atoms with Crippen LogP contribution in [0.4, 0.5) is 0 Å². The third kappa shape index (κ3) is 5.55. The average molecular weight is 316 g/mol. The predicted octanol–water partition coefficient (Wildman–Crippen LogP) is 3.26. The topological polar surface area (TPSA) is 49.4 Å². The minimum absolute atomic E-state index is 0.0471. The summed E-state index contributed by atoms with van der Waals surface area (Å²) in [6, 6.07) is 8.47. The third-order valence-electron chi connectivity index (χ3n) is 3.96. The fourth-order valence-electron chi connectivity index (χ4n) is 2.37. The summed E-state index contributed by atoms with van der Waals surface area (Å²) in [5.74, 6) is -0.195. The molecule has 1 aromatic carbocycles. The quantitative estimate of drug-likeness (QED) is 0.748. The second-order valence-electron chi connectivity index (χ2n) is 6.01. The molecule has 2 atom stereocenters. The molecule has 0 aromatic heterocycles. The zero-order chi connectivity index (χ0) is 17.4. The number of nitrogens with zero attached hydrogens (tertiary/aromatic N) is 1. The minimum Gasteiger partial charge on any atom is -0.340 e. The molecule has 0 saturated heterocycles. The predicted molar refractivity (Wildman–Crippen MR) is 94.2 cm³/mol. The van der Waals surface area contributed by atoms with Gasteiger partial charge in [-0.3, -0.25) is 9.59 Å². The Morgan fingerprint density at radius 2 is 1.83 bits per heavy atom. The molecule has 2 unspecified atom stereocenters. The van der Waals surface area contributed by atoms with Crippen LogP contribution < -0.4 is 5.32 Å². The van der Waals surface area contributed by atoms with E-state index < -0.39 is 6.04 Å². The monoisotopic (exact) mass is 316 g/mol. The molecule has 0 aliphatic carbocycles. The van der Waals surface area contributed by atoms with E-state index in [0.29, 0.717) is 18.7 Å². The number of carbonyl (C=O) groups is 2. The van der Waals surface area contributed by atoms with Crippen LogP contribution in [0.1, 0.15) is 44.5 Å². The summed E-state index contributed by atoms with van der Waals surface area (Å²) in [5, 5.41) is 2.91. The lowest BCUT2D eigenvalue weighted by atomic mass is 9.97. The largest absolute Gasteiger partial charge is 0.340 e. The van der Waals surface area contributed by atoms with E-state index in [2.05, 4.69) is 11.9 Å². The van der Waals surface area contributed by atoms with Crippen LogP contribution in [0.25, 0.3) is 0 Å². The van der Waals surface area contributed by atoms with Crippen molar-refractivity contribution >= 4 is 11.8 Å². The summed E-state index contributed by atoms with van der Waals surface area (Å²) in [4.78, 5) is 27.0. The number of benzene rings is 1. The molecule has 0 radical (unpaired) electrons. The van der Waals surface area contributed by atoms with Crippen LogP contribution in [0.3, 0.4) is 0 Å². The Labute approximate surface area is 139 Å². The maximum absolute atomic E-state index is 12.8. The molecule has 1 aromatic rings. The van der Waals surface area contributed by atoms with E-state index in [1.54, 1.807) is 17.0 Å². The molecule has 2 amide bonds. The molecule has 4 nitrogen and oxygen atoms in total. The summed E-state index contributed by atoms with van der Waals surface area (Å²) in [6.45, 7) is 12.8. The maximum atomic E-state index is 12.8. The lowest BCUT2D eigenvalue weighted by Crippen LogP contribution is -2.52. The number of amides is 2. The smallest absolute Gasteiger partial charge is 0.251 e. The molecule has 0 aliphatic heterocycles. The Balaban J connectivity index is 2.93. The van der Waals surface area contributed by atoms with Gasteiger partial charge < -0.3 is 10.2 Å². The van der Waals surface area contributed by atoms with E-state index in [1.807, 2.05) is 45.9 Å². The summed E-state index contributed by atoms with van der Waals surface area (Å²) < 4.78 is 0. The van der Waals surface area contributed by atoms with Gasteiger partial charge in [-0.1, -0.05) is 50.6 Å². The highest BCUT2D eigenvalue weighted by molar-refractivity contribution is 5.97. The molecule has 4 heteroatoms. The van der Waals surface area contributed by atoms with Crippen molar-refractivity contribution in [2.45, 2.75) is 40.2 Å². The molecule has 23 heavy (non-hydrogen) atoms. The minimum atomic E-state index is -0.521. The first kappa shape index (κ1) is 18.9. The highest BCUT2D eigenvalue weighted by Crippen LogP contribution is 2.13. The van der Waals surface area contributed by atoms with Crippen LogP contribution in [0.2, 0.25) is 0 Å². The van der Waals surface area contributed by atoms with Crippen molar-refractivity contribution < 1.29 is 9.59 Å². The highest BCUT2D eigenvalue weighted by Gasteiger charge is 2.29. The normalized spacial score (nSPS) is 13.0. The summed E-state index contributed by atoms with van der Waals surface area (Å²) >= 11 is 0. The molecule has 0 bridgehead atoms. The van der Waals surface area contributed by atoms with Gasteiger partial charge in [-0.25, -0.2) is 0 Å². The fraction of sp³-hybridized carbons (Fsp3) is 0.474. The second kappa shape index (κ2) is 9.13. The van der Waals surface area contributed by atoms with E-state index in [9.17, 15) is 9.59 Å². The van der Waals surface area contributed by atoms with Crippen molar-refractivity contribution in [3.05, 3.63) is 48.0 Å². The van der Waals surface area contributed by atoms with Crippen molar-refractivity contribution in [2.75, 3.05) is 13.1 Å². The van der Waals surface area contributed by atoms with Crippen molar-refractivity contribution in [1.82, 2.24) is 10.2 Å². The van der Waals surface area contributed by atoms with E-state index >= 15 is 0 Å². The molecule has 126 valence electrons. The summed E-state index contributed by atoms with van der Waals surface area (Å²) in [5.41, 5.74) is 1.49. The van der Waals surface area contributed by atoms with Gasteiger partial charge in [-0.05, 0) is 31.9 Å². The van der Waals surface area contributed by atoms with Gasteiger partial charge in [0.25, 0.3) is 5.91 Å². The van der Waals surface area contributed by atoms with Gasteiger partial charge in [0.15, 0.2) is 0 Å². The summed E-state index contributed by atoms with van der Waals surface area (Å²) in [6.07, 6.45) is 0.816. The zero-order valence-electron chi connectivity index (χ0n) is 14.6. The first-order valence-corrected chi connectivity index (χ1v) is 8.19. The second-order valence-corrected chi connectivity index (χ2v) is 6.01. The molecule has 0 saturated carbocycles. The Morgan fingerprint density at radius 3 is 2.30 bits per heavy atom. The first-order valence-electron chi connectivity index (χ1n) is 8.19. The number of carbonyl (C=O) groups excluding carboxylic acids is 2. The third-order valence-corrected chi connectivity index (χ3v) is 3.96. The number of rotatable bonds is 8. The number of hydrogen-bond acceptors (Lipinski definition) is 2. The molecule has 1 rings (SSSR count). The van der Waals surface area contributed by atoms with Crippen LogP contribution >= 0.6 is 0 Å². The van der Waals surface area contributed by atoms with Crippen molar-refractivity contribution in [2.24, 2.45) is 5.92 Å². The van der Waals surface area contributed by atoms with Gasteiger partial charge in [-0.15, -0.1) is 0 Å². The van der Waals surface area contributed by atoms with E-state index in [0.717, 1.165) is 12.0 Å². The highest BCUT2D eigenvalue weighted by atomic mass is 16.2. The molecule has 0 heterocycles. The Hall–Kier alpha value is -2.10. The van der Waals surface area contributed by atoms with Crippen molar-refractivity contribution in [1.29, 1.82) is 0 Å². The average Bonchev–Trinajstić information content (AvgIpc) is 2.56. The van der Waals surface area contributed by atoms with Gasteiger partial charge >= 0.3 is 0 Å². The van der Waals surface area contributed by atoms with Crippen LogP contribution in [0.5, 0.6) is 0 Å². The standard InChI is InChI=1S/C19H28N2O2/c1-6-15(5)17(19(23)21(7-2)13-14(3)4)20-18(22)16-11-9-8-10-12-16/h8-12,15,17H,3,6-7,13H2,1-2,4-5H3,(H,20,22). The first-order chi connectivity index (χ1) is 10.9. The fourth-order valence-corrected chi connectivity index (χ4v) is 2.37. The van der Waals surface area contributed by atoms with Gasteiger partial charge in [0.2, 0.25) is 5.91 Å². The molecule has 0 spiro atoms. The lowest BCUT2D eigenvalue weighted by Gasteiger charge is -2.30. The van der Waals surface area contributed by atoms with Gasteiger partial charge in [0.05, 0.1) is 0 Å². The Bertz CT molecular complexity index is 540. The van der Waals surface area contributed by atoms with Gasteiger partial charge in [0, 0.05) is 18.7 Å². The summed E-state index contributed by atoms with van der Waals surface area (Å²) in [7, 11) is 0. The molecular weight excluding hydrogens is 288 g/mol. The van der Waals surface area contributed by atoms with E-state index in [1.165, 1.54) is 0 Å². The van der Waals surface area contributed by atoms with Crippen LogP contribution in [0.15, 0.2) is 42.5 Å². The molecule has 0 fully saturated rings. The van der Waals surface area contributed by atoms with Crippen LogP contribution in [-0.4, -0.2) is 35.8 Å². The molecular formula is C19H28N2O2. The Morgan fingerprint density at radius 1 is 1.22 bits per heavy atom.